The largest absolute Gasteiger partial charge is 0.481 e. The first kappa shape index (κ1) is 12.6. The molecule has 0 radical (unpaired) electrons. The van der Waals surface area contributed by atoms with Gasteiger partial charge in [0.05, 0.1) is 0 Å². The summed E-state index contributed by atoms with van der Waals surface area (Å²) in [5.74, 6) is -0.726. The van der Waals surface area contributed by atoms with E-state index in [0.29, 0.717) is 6.42 Å². The van der Waals surface area contributed by atoms with Crippen LogP contribution in [0.25, 0.3) is 0 Å². The molecule has 0 unspecified atom stereocenters. The predicted octanol–water partition coefficient (Wildman–Crippen LogP) is 2.62. The molecule has 0 aromatic heterocycles. The number of carbonyl (C=O) groups is 1. The van der Waals surface area contributed by atoms with Gasteiger partial charge in [-0.25, -0.2) is 0 Å². The van der Waals surface area contributed by atoms with E-state index in [1.54, 1.807) is 0 Å². The second-order valence-electron chi connectivity index (χ2n) is 1.81. The van der Waals surface area contributed by atoms with Crippen molar-refractivity contribution in [1.82, 2.24) is 0 Å². The molecule has 0 heterocycles. The van der Waals surface area contributed by atoms with Crippen LogP contribution in [0.5, 0.6) is 0 Å². The number of rotatable bonds is 4. The van der Waals surface area contributed by atoms with Crippen molar-refractivity contribution in [2.75, 3.05) is 0 Å². The fourth-order valence-corrected chi connectivity index (χ4v) is 0.491. The molecule has 0 rings (SSSR count). The third-order valence-corrected chi connectivity index (χ3v) is 0.927. The first-order chi connectivity index (χ1) is 5.27. The Kier molecular flexibility index (Phi) is 13.4. The number of allylic oxidation sites excluding steroid dienone is 2. The minimum atomic E-state index is -0.726. The number of hydrogen-bond donors (Lipinski definition) is 1. The molecule has 2 heteroatoms. The van der Waals surface area contributed by atoms with E-state index in [9.17, 15) is 4.79 Å². The van der Waals surface area contributed by atoms with Crippen LogP contribution in [0.4, 0.5) is 0 Å². The Morgan fingerprint density at radius 1 is 1.45 bits per heavy atom. The van der Waals surface area contributed by atoms with Crippen molar-refractivity contribution >= 4 is 5.97 Å². The van der Waals surface area contributed by atoms with Gasteiger partial charge in [-0.05, 0) is 12.8 Å². The minimum absolute atomic E-state index is 0.247. The lowest BCUT2D eigenvalue weighted by atomic mass is 10.3. The molecule has 0 aliphatic rings. The lowest BCUT2D eigenvalue weighted by molar-refractivity contribution is -0.136. The number of carboxylic acid groups (broad SMARTS) is 1. The van der Waals surface area contributed by atoms with Crippen molar-refractivity contribution in [1.29, 1.82) is 0 Å². The number of carboxylic acids is 1. The van der Waals surface area contributed by atoms with Crippen molar-refractivity contribution in [3.05, 3.63) is 25.3 Å². The van der Waals surface area contributed by atoms with Crippen LogP contribution in [-0.2, 0) is 4.79 Å². The highest BCUT2D eigenvalue weighted by atomic mass is 16.4. The van der Waals surface area contributed by atoms with Crippen LogP contribution < -0.4 is 0 Å². The monoisotopic (exact) mass is 156 g/mol. The van der Waals surface area contributed by atoms with Gasteiger partial charge >= 0.3 is 5.97 Å². The van der Waals surface area contributed by atoms with Gasteiger partial charge in [0, 0.05) is 6.42 Å². The predicted molar refractivity (Wildman–Crippen MR) is 47.6 cm³/mol. The van der Waals surface area contributed by atoms with E-state index >= 15 is 0 Å². The second kappa shape index (κ2) is 11.7. The molecule has 1 N–H and O–H groups in total. The van der Waals surface area contributed by atoms with Crippen molar-refractivity contribution in [3.8, 4) is 0 Å². The summed E-state index contributed by atoms with van der Waals surface area (Å²) in [7, 11) is 0. The van der Waals surface area contributed by atoms with E-state index in [1.807, 2.05) is 19.1 Å². The molecule has 0 saturated heterocycles. The van der Waals surface area contributed by atoms with Gasteiger partial charge in [-0.2, -0.15) is 0 Å². The van der Waals surface area contributed by atoms with Crippen LogP contribution in [0.3, 0.4) is 0 Å². The Morgan fingerprint density at radius 3 is 2.36 bits per heavy atom. The molecule has 0 aliphatic heterocycles. The highest BCUT2D eigenvalue weighted by molar-refractivity contribution is 5.66. The topological polar surface area (TPSA) is 37.3 Å². The van der Waals surface area contributed by atoms with Gasteiger partial charge < -0.3 is 5.11 Å². The Labute approximate surface area is 68.2 Å². The average Bonchev–Trinajstić information content (AvgIpc) is 2.02. The van der Waals surface area contributed by atoms with Gasteiger partial charge in [-0.1, -0.05) is 19.1 Å². The molecule has 0 aromatic rings. The maximum atomic E-state index is 9.93. The highest BCUT2D eigenvalue weighted by Gasteiger charge is 1.90. The van der Waals surface area contributed by atoms with E-state index in [2.05, 4.69) is 13.2 Å². The quantitative estimate of drug-likeness (QED) is 0.635. The Balaban J connectivity index is 0. The van der Waals surface area contributed by atoms with Crippen LogP contribution in [0.15, 0.2) is 25.3 Å². The Hall–Kier alpha value is -1.05. The van der Waals surface area contributed by atoms with Gasteiger partial charge in [-0.3, -0.25) is 4.79 Å². The number of hydrogen-bond acceptors (Lipinski definition) is 1. The van der Waals surface area contributed by atoms with Gasteiger partial charge in [0.1, 0.15) is 0 Å². The first-order valence-corrected chi connectivity index (χ1v) is 3.64. The van der Waals surface area contributed by atoms with E-state index in [1.165, 1.54) is 0 Å². The van der Waals surface area contributed by atoms with Crippen molar-refractivity contribution < 1.29 is 9.90 Å². The van der Waals surface area contributed by atoms with E-state index in [0.717, 1.165) is 6.42 Å². The van der Waals surface area contributed by atoms with Crippen molar-refractivity contribution in [2.45, 2.75) is 26.2 Å². The van der Waals surface area contributed by atoms with Gasteiger partial charge in [0.25, 0.3) is 0 Å². The summed E-state index contributed by atoms with van der Waals surface area (Å²) in [5, 5.41) is 8.18. The molecule has 0 aromatic carbocycles. The molecule has 11 heavy (non-hydrogen) atoms. The molecule has 2 nitrogen and oxygen atoms in total. The summed E-state index contributed by atoms with van der Waals surface area (Å²) in [6.07, 6.45) is 5.76. The number of aliphatic carboxylic acids is 1. The van der Waals surface area contributed by atoms with E-state index in [4.69, 9.17) is 5.11 Å². The van der Waals surface area contributed by atoms with Gasteiger partial charge in [-0.15, -0.1) is 13.2 Å². The summed E-state index contributed by atoms with van der Waals surface area (Å²) in [6.45, 7) is 8.03. The summed E-state index contributed by atoms with van der Waals surface area (Å²) in [6, 6.07) is 0. The van der Waals surface area contributed by atoms with Crippen molar-refractivity contribution in [3.63, 3.8) is 0 Å². The zero-order valence-electron chi connectivity index (χ0n) is 7.05. The molecule has 0 bridgehead atoms. The van der Waals surface area contributed by atoms with E-state index in [-0.39, 0.29) is 6.42 Å². The van der Waals surface area contributed by atoms with Crippen LogP contribution >= 0.6 is 0 Å². The maximum absolute atomic E-state index is 9.93. The second-order valence-corrected chi connectivity index (χ2v) is 1.81. The fraction of sp³-hybridized carbons (Fsp3) is 0.444. The molecular weight excluding hydrogens is 140 g/mol. The van der Waals surface area contributed by atoms with Gasteiger partial charge in [0.15, 0.2) is 0 Å². The zero-order chi connectivity index (χ0) is 9.11. The smallest absolute Gasteiger partial charge is 0.303 e. The zero-order valence-corrected chi connectivity index (χ0v) is 7.05. The highest BCUT2D eigenvalue weighted by Crippen LogP contribution is 1.91. The lowest BCUT2D eigenvalue weighted by Crippen LogP contribution is -1.91. The summed E-state index contributed by atoms with van der Waals surface area (Å²) in [5.41, 5.74) is 0. The van der Waals surface area contributed by atoms with Crippen LogP contribution in [0.1, 0.15) is 26.2 Å². The molecule has 64 valence electrons. The third kappa shape index (κ3) is 17.6. The van der Waals surface area contributed by atoms with Gasteiger partial charge in [0.2, 0.25) is 0 Å². The Morgan fingerprint density at radius 2 is 2.00 bits per heavy atom. The van der Waals surface area contributed by atoms with Crippen LogP contribution in [0.2, 0.25) is 0 Å². The normalized spacial score (nSPS) is 8.82. The third-order valence-electron chi connectivity index (χ3n) is 0.927. The summed E-state index contributed by atoms with van der Waals surface area (Å²) < 4.78 is 0. The minimum Gasteiger partial charge on any atom is -0.481 e. The molecule has 0 atom stereocenters. The van der Waals surface area contributed by atoms with Crippen LogP contribution in [0, 0.1) is 0 Å². The first-order valence-electron chi connectivity index (χ1n) is 3.64. The molecule has 0 aliphatic carbocycles. The van der Waals surface area contributed by atoms with E-state index < -0.39 is 5.97 Å². The molecule has 0 spiro atoms. The van der Waals surface area contributed by atoms with Crippen LogP contribution in [-0.4, -0.2) is 11.1 Å². The molecule has 0 saturated carbocycles. The fourth-order valence-electron chi connectivity index (χ4n) is 0.491. The summed E-state index contributed by atoms with van der Waals surface area (Å²) >= 11 is 0. The Bertz CT molecular complexity index is 117. The van der Waals surface area contributed by atoms with Crippen molar-refractivity contribution in [2.24, 2.45) is 0 Å². The lowest BCUT2D eigenvalue weighted by Gasteiger charge is -1.85. The summed E-state index contributed by atoms with van der Waals surface area (Å²) in [4.78, 5) is 9.93. The average molecular weight is 156 g/mol. The molecule has 0 amide bonds. The molecule has 0 fully saturated rings. The SMILES string of the molecule is C=C.CCC=CCCC(=O)O. The molecular formula is C9H16O2. The standard InChI is InChI=1S/C7H12O2.C2H4/c1-2-3-4-5-6-7(8)9;1-2/h3-4H,2,5-6H2,1H3,(H,8,9);1-2H2. The maximum Gasteiger partial charge on any atom is 0.303 e.